The molecule has 2 heterocycles. The second-order valence-corrected chi connectivity index (χ2v) is 6.39. The van der Waals surface area contributed by atoms with Gasteiger partial charge in [-0.05, 0) is 42.1 Å². The van der Waals surface area contributed by atoms with Gasteiger partial charge >= 0.3 is 6.09 Å². The summed E-state index contributed by atoms with van der Waals surface area (Å²) in [5, 5.41) is 1.89. The Kier molecular flexibility index (Phi) is 5.92. The highest BCUT2D eigenvalue weighted by atomic mass is 32.1. The predicted octanol–water partition coefficient (Wildman–Crippen LogP) is 3.27. The monoisotopic (exact) mass is 379 g/mol. The van der Waals surface area contributed by atoms with E-state index in [2.05, 4.69) is 22.7 Å². The highest BCUT2D eigenvalue weighted by Crippen LogP contribution is 2.26. The summed E-state index contributed by atoms with van der Waals surface area (Å²) in [6.07, 6.45) is 2.94. The van der Waals surface area contributed by atoms with Gasteiger partial charge in [0, 0.05) is 18.0 Å². The number of aryl methyl sites for hydroxylation is 1. The molecule has 2 amide bonds. The van der Waals surface area contributed by atoms with Crippen LogP contribution in [0.1, 0.15) is 20.8 Å². The number of hydrogen-bond acceptors (Lipinski definition) is 4. The van der Waals surface area contributed by atoms with Gasteiger partial charge in [0.1, 0.15) is 4.88 Å². The van der Waals surface area contributed by atoms with Gasteiger partial charge in [-0.2, -0.15) is 0 Å². The summed E-state index contributed by atoms with van der Waals surface area (Å²) in [6, 6.07) is 13.1. The molecule has 3 aromatic rings. The van der Waals surface area contributed by atoms with Gasteiger partial charge in [-0.15, -0.1) is 11.3 Å². The maximum Gasteiger partial charge on any atom is 0.427 e. The van der Waals surface area contributed by atoms with Crippen molar-refractivity contribution in [2.45, 2.75) is 6.92 Å². The van der Waals surface area contributed by atoms with Gasteiger partial charge in [0.25, 0.3) is 5.91 Å². The normalized spacial score (nSPS) is 9.81. The van der Waals surface area contributed by atoms with E-state index < -0.39 is 12.0 Å². The molecule has 1 aromatic carbocycles. The predicted molar refractivity (Wildman–Crippen MR) is 104 cm³/mol. The van der Waals surface area contributed by atoms with Crippen LogP contribution in [0.15, 0.2) is 60.2 Å². The van der Waals surface area contributed by atoms with E-state index in [0.717, 1.165) is 16.8 Å². The van der Waals surface area contributed by atoms with Crippen molar-refractivity contribution in [3.8, 4) is 17.5 Å². The zero-order valence-corrected chi connectivity index (χ0v) is 15.4. The Hall–Kier alpha value is -3.50. The van der Waals surface area contributed by atoms with E-state index in [1.165, 1.54) is 11.3 Å². The van der Waals surface area contributed by atoms with Crippen molar-refractivity contribution in [3.05, 3.63) is 76.2 Å². The van der Waals surface area contributed by atoms with Gasteiger partial charge in [-0.25, -0.2) is 10.2 Å². The van der Waals surface area contributed by atoms with Crippen molar-refractivity contribution in [1.29, 1.82) is 0 Å². The van der Waals surface area contributed by atoms with Crippen molar-refractivity contribution in [3.63, 3.8) is 0 Å². The number of thiophene rings is 1. The molecule has 0 atom stereocenters. The van der Waals surface area contributed by atoms with Crippen molar-refractivity contribution in [2.75, 3.05) is 6.61 Å². The van der Waals surface area contributed by atoms with Crippen LogP contribution in [0, 0.1) is 18.8 Å². The summed E-state index contributed by atoms with van der Waals surface area (Å²) in [6.45, 7) is 1.85. The third-order valence-corrected chi connectivity index (χ3v) is 4.66. The van der Waals surface area contributed by atoms with E-state index in [4.69, 9.17) is 4.74 Å². The molecule has 0 bridgehead atoms. The smallest absolute Gasteiger partial charge is 0.427 e. The molecular weight excluding hydrogens is 362 g/mol. The first-order valence-electron chi connectivity index (χ1n) is 8.13. The van der Waals surface area contributed by atoms with Crippen LogP contribution in [-0.2, 0) is 4.74 Å². The lowest BCUT2D eigenvalue weighted by atomic mass is 10.2. The van der Waals surface area contributed by atoms with Crippen molar-refractivity contribution < 1.29 is 14.3 Å². The lowest BCUT2D eigenvalue weighted by Crippen LogP contribution is -2.42. The van der Waals surface area contributed by atoms with Crippen LogP contribution in [0.5, 0.6) is 0 Å². The second kappa shape index (κ2) is 8.74. The van der Waals surface area contributed by atoms with Crippen molar-refractivity contribution in [1.82, 2.24) is 15.4 Å². The highest BCUT2D eigenvalue weighted by Gasteiger charge is 2.17. The summed E-state index contributed by atoms with van der Waals surface area (Å²) >= 11 is 1.31. The Balaban J connectivity index is 1.51. The van der Waals surface area contributed by atoms with Crippen LogP contribution < -0.4 is 10.9 Å². The Bertz CT molecular complexity index is 983. The summed E-state index contributed by atoms with van der Waals surface area (Å²) in [4.78, 5) is 24.6. The number of ether oxygens (including phenoxy) is 1. The fourth-order valence-corrected chi connectivity index (χ4v) is 3.31. The number of carbonyl (C=O) groups is 2. The standard InChI is InChI=1S/C20H17N3O3S/c1-15-14-27-18(17(15)23-11-5-6-12-23)19(24)21-22-20(25)26-13-7-10-16-8-3-2-4-9-16/h2-6,8-9,11-12,14H,13H2,1H3,(H,21,24)(H,22,25). The SMILES string of the molecule is Cc1csc(C(=O)NNC(=O)OCC#Cc2ccccc2)c1-n1cccc1. The maximum atomic E-state index is 12.4. The molecular formula is C20H17N3O3S. The van der Waals surface area contributed by atoms with E-state index in [0.29, 0.717) is 4.88 Å². The molecule has 7 heteroatoms. The van der Waals surface area contributed by atoms with E-state index in [1.54, 1.807) is 0 Å². The quantitative estimate of drug-likeness (QED) is 0.542. The molecule has 0 unspecified atom stereocenters. The number of nitrogens with one attached hydrogen (secondary N) is 2. The minimum absolute atomic E-state index is 0.0800. The summed E-state index contributed by atoms with van der Waals surface area (Å²) < 4.78 is 6.78. The summed E-state index contributed by atoms with van der Waals surface area (Å²) in [5.41, 5.74) is 7.18. The molecule has 0 aliphatic carbocycles. The number of nitrogens with zero attached hydrogens (tertiary/aromatic N) is 1. The summed E-state index contributed by atoms with van der Waals surface area (Å²) in [7, 11) is 0. The van der Waals surface area contributed by atoms with Crippen molar-refractivity contribution in [2.24, 2.45) is 0 Å². The first-order valence-corrected chi connectivity index (χ1v) is 9.01. The van der Waals surface area contributed by atoms with Crippen molar-refractivity contribution >= 4 is 23.3 Å². The van der Waals surface area contributed by atoms with Gasteiger partial charge in [0.15, 0.2) is 6.61 Å². The number of amides is 2. The topological polar surface area (TPSA) is 72.4 Å². The van der Waals surface area contributed by atoms with E-state index in [-0.39, 0.29) is 6.61 Å². The lowest BCUT2D eigenvalue weighted by molar-refractivity contribution is 0.0920. The fraction of sp³-hybridized carbons (Fsp3) is 0.100. The van der Waals surface area contributed by atoms with Crippen LogP contribution in [-0.4, -0.2) is 23.2 Å². The zero-order chi connectivity index (χ0) is 19.1. The number of aromatic nitrogens is 1. The molecule has 2 N–H and O–H groups in total. The molecule has 2 aromatic heterocycles. The first kappa shape index (κ1) is 18.3. The van der Waals surface area contributed by atoms with Crippen LogP contribution in [0.3, 0.4) is 0 Å². The van der Waals surface area contributed by atoms with Crippen LogP contribution in [0.4, 0.5) is 4.79 Å². The largest absolute Gasteiger partial charge is 0.435 e. The van der Waals surface area contributed by atoms with Gasteiger partial charge in [0.05, 0.1) is 5.69 Å². The second-order valence-electron chi connectivity index (χ2n) is 5.51. The molecule has 0 spiro atoms. The molecule has 0 radical (unpaired) electrons. The Labute approximate surface area is 160 Å². The van der Waals surface area contributed by atoms with Crippen LogP contribution >= 0.6 is 11.3 Å². The van der Waals surface area contributed by atoms with Crippen LogP contribution in [0.2, 0.25) is 0 Å². The fourth-order valence-electron chi connectivity index (χ4n) is 2.37. The molecule has 0 saturated carbocycles. The zero-order valence-electron chi connectivity index (χ0n) is 14.6. The molecule has 0 fully saturated rings. The maximum absolute atomic E-state index is 12.4. The molecule has 6 nitrogen and oxygen atoms in total. The number of benzene rings is 1. The average molecular weight is 379 g/mol. The Morgan fingerprint density at radius 2 is 1.85 bits per heavy atom. The molecule has 136 valence electrons. The number of carbonyl (C=O) groups excluding carboxylic acids is 2. The number of hydrazine groups is 1. The average Bonchev–Trinajstić information content (AvgIpc) is 3.33. The Morgan fingerprint density at radius 3 is 2.59 bits per heavy atom. The van der Waals surface area contributed by atoms with Crippen LogP contribution in [0.25, 0.3) is 5.69 Å². The molecule has 0 aliphatic rings. The summed E-state index contributed by atoms with van der Waals surface area (Å²) in [5.74, 6) is 5.20. The van der Waals surface area contributed by atoms with Gasteiger partial charge in [-0.1, -0.05) is 30.0 Å². The minimum atomic E-state index is -0.776. The third kappa shape index (κ3) is 4.77. The van der Waals surface area contributed by atoms with E-state index in [9.17, 15) is 9.59 Å². The Morgan fingerprint density at radius 1 is 1.11 bits per heavy atom. The van der Waals surface area contributed by atoms with Gasteiger partial charge in [-0.3, -0.25) is 10.2 Å². The molecule has 3 rings (SSSR count). The van der Waals surface area contributed by atoms with Gasteiger partial charge < -0.3 is 9.30 Å². The third-order valence-electron chi connectivity index (χ3n) is 3.57. The first-order chi connectivity index (χ1) is 13.1. The van der Waals surface area contributed by atoms with E-state index in [1.807, 2.05) is 71.7 Å². The molecule has 0 saturated heterocycles. The number of rotatable bonds is 3. The molecule has 27 heavy (non-hydrogen) atoms. The molecule has 0 aliphatic heterocycles. The minimum Gasteiger partial charge on any atom is -0.435 e. The number of hydrogen-bond donors (Lipinski definition) is 2. The highest BCUT2D eigenvalue weighted by molar-refractivity contribution is 7.12. The lowest BCUT2D eigenvalue weighted by Gasteiger charge is -2.09. The van der Waals surface area contributed by atoms with Gasteiger partial charge in [0.2, 0.25) is 0 Å². The van der Waals surface area contributed by atoms with E-state index >= 15 is 0 Å².